The normalized spacial score (nSPS) is 19.9. The summed E-state index contributed by atoms with van der Waals surface area (Å²) in [6.07, 6.45) is 1.63. The molecule has 1 unspecified atom stereocenters. The summed E-state index contributed by atoms with van der Waals surface area (Å²) in [6.45, 7) is 0.251. The molecule has 23 heavy (non-hydrogen) atoms. The van der Waals surface area contributed by atoms with Gasteiger partial charge in [0.2, 0.25) is 0 Å². The van der Waals surface area contributed by atoms with Crippen molar-refractivity contribution in [2.45, 2.75) is 12.1 Å². The van der Waals surface area contributed by atoms with Gasteiger partial charge in [-0.05, 0) is 11.6 Å². The maximum Gasteiger partial charge on any atom is 0.268 e. The molecule has 1 atom stereocenters. The van der Waals surface area contributed by atoms with E-state index < -0.39 is 5.60 Å². The topological polar surface area (TPSA) is 82.1 Å². The Morgan fingerprint density at radius 2 is 1.83 bits per heavy atom. The minimum absolute atomic E-state index is 0.251. The Morgan fingerprint density at radius 3 is 2.57 bits per heavy atom. The maximum absolute atomic E-state index is 13.0. The van der Waals surface area contributed by atoms with Crippen LogP contribution in [0, 0.1) is 0 Å². The Labute approximate surface area is 132 Å². The molecule has 6 heteroatoms. The second kappa shape index (κ2) is 5.03. The SMILES string of the molecule is O=C1N(Cc2c[nH]nn2)c2ccccc2C1(O)c1ccccc1. The molecule has 1 aliphatic rings. The van der Waals surface area contributed by atoms with E-state index in [4.69, 9.17) is 0 Å². The first-order valence-corrected chi connectivity index (χ1v) is 7.26. The fourth-order valence-corrected chi connectivity index (χ4v) is 3.01. The number of amides is 1. The van der Waals surface area contributed by atoms with E-state index >= 15 is 0 Å². The van der Waals surface area contributed by atoms with Gasteiger partial charge >= 0.3 is 0 Å². The minimum Gasteiger partial charge on any atom is -0.372 e. The molecular weight excluding hydrogens is 292 g/mol. The summed E-state index contributed by atoms with van der Waals surface area (Å²) in [7, 11) is 0. The summed E-state index contributed by atoms with van der Waals surface area (Å²) in [6, 6.07) is 16.3. The Bertz CT molecular complexity index is 848. The van der Waals surface area contributed by atoms with Crippen molar-refractivity contribution in [2.24, 2.45) is 0 Å². The monoisotopic (exact) mass is 306 g/mol. The molecule has 0 bridgehead atoms. The molecule has 0 fully saturated rings. The van der Waals surface area contributed by atoms with Crippen molar-refractivity contribution >= 4 is 11.6 Å². The van der Waals surface area contributed by atoms with Crippen LogP contribution >= 0.6 is 0 Å². The first-order valence-electron chi connectivity index (χ1n) is 7.26. The van der Waals surface area contributed by atoms with Gasteiger partial charge in [0.1, 0.15) is 5.69 Å². The molecule has 0 saturated carbocycles. The zero-order chi connectivity index (χ0) is 15.9. The molecule has 0 radical (unpaired) electrons. The van der Waals surface area contributed by atoms with Gasteiger partial charge in [0, 0.05) is 11.8 Å². The van der Waals surface area contributed by atoms with Crippen LogP contribution in [-0.4, -0.2) is 26.4 Å². The third-order valence-electron chi connectivity index (χ3n) is 4.12. The number of anilines is 1. The number of aromatic amines is 1. The number of hydrogen-bond acceptors (Lipinski definition) is 4. The van der Waals surface area contributed by atoms with Crippen LogP contribution in [0.25, 0.3) is 0 Å². The molecule has 0 aliphatic carbocycles. The van der Waals surface area contributed by atoms with E-state index in [2.05, 4.69) is 15.4 Å². The van der Waals surface area contributed by atoms with Crippen LogP contribution in [0.3, 0.4) is 0 Å². The third-order valence-corrected chi connectivity index (χ3v) is 4.12. The van der Waals surface area contributed by atoms with Crippen LogP contribution in [0.2, 0.25) is 0 Å². The maximum atomic E-state index is 13.0. The third kappa shape index (κ3) is 1.96. The zero-order valence-electron chi connectivity index (χ0n) is 12.2. The molecule has 3 aromatic rings. The van der Waals surface area contributed by atoms with Crippen molar-refractivity contribution in [3.05, 3.63) is 77.6 Å². The van der Waals surface area contributed by atoms with Gasteiger partial charge in [-0.15, -0.1) is 5.10 Å². The minimum atomic E-state index is -1.68. The molecule has 2 aromatic carbocycles. The van der Waals surface area contributed by atoms with E-state index in [9.17, 15) is 9.90 Å². The molecule has 2 heterocycles. The van der Waals surface area contributed by atoms with E-state index in [1.165, 1.54) is 0 Å². The quantitative estimate of drug-likeness (QED) is 0.770. The fourth-order valence-electron chi connectivity index (χ4n) is 3.01. The molecule has 1 aliphatic heterocycles. The standard InChI is InChI=1S/C17H14N4O2/c22-16-17(23,12-6-2-1-3-7-12)14-8-4-5-9-15(14)21(16)11-13-10-18-20-19-13/h1-10,23H,11H2,(H,18,19,20). The molecular formula is C17H14N4O2. The second-order valence-electron chi connectivity index (χ2n) is 5.45. The summed E-state index contributed by atoms with van der Waals surface area (Å²) in [5.74, 6) is -0.382. The number of carbonyl (C=O) groups excluding carboxylic acids is 1. The van der Waals surface area contributed by atoms with Gasteiger partial charge < -0.3 is 10.0 Å². The summed E-state index contributed by atoms with van der Waals surface area (Å²) in [5, 5.41) is 21.5. The number of carbonyl (C=O) groups is 1. The van der Waals surface area contributed by atoms with Crippen molar-refractivity contribution < 1.29 is 9.90 Å². The van der Waals surface area contributed by atoms with E-state index in [-0.39, 0.29) is 12.5 Å². The van der Waals surface area contributed by atoms with Gasteiger partial charge in [-0.2, -0.15) is 0 Å². The van der Waals surface area contributed by atoms with Gasteiger partial charge in [0.15, 0.2) is 5.60 Å². The molecule has 4 rings (SSSR count). The number of aromatic nitrogens is 3. The van der Waals surface area contributed by atoms with Crippen LogP contribution < -0.4 is 4.90 Å². The number of nitrogens with zero attached hydrogens (tertiary/aromatic N) is 3. The second-order valence-corrected chi connectivity index (χ2v) is 5.45. The lowest BCUT2D eigenvalue weighted by Crippen LogP contribution is -2.40. The number of H-pyrrole nitrogens is 1. The highest BCUT2D eigenvalue weighted by Crippen LogP contribution is 2.44. The highest BCUT2D eigenvalue weighted by atomic mass is 16.3. The summed E-state index contributed by atoms with van der Waals surface area (Å²) in [5.41, 5.74) is 0.777. The first kappa shape index (κ1) is 13.7. The fraction of sp³-hybridized carbons (Fsp3) is 0.118. The Kier molecular flexibility index (Phi) is 2.99. The Morgan fingerprint density at radius 1 is 1.09 bits per heavy atom. The van der Waals surface area contributed by atoms with Gasteiger partial charge in [-0.3, -0.25) is 9.89 Å². The first-order chi connectivity index (χ1) is 11.2. The van der Waals surface area contributed by atoms with Crippen LogP contribution in [0.5, 0.6) is 0 Å². The van der Waals surface area contributed by atoms with Crippen molar-refractivity contribution in [3.8, 4) is 0 Å². The highest BCUT2D eigenvalue weighted by molar-refractivity contribution is 6.08. The van der Waals surface area contributed by atoms with Crippen molar-refractivity contribution in [1.82, 2.24) is 15.4 Å². The molecule has 114 valence electrons. The number of aliphatic hydroxyl groups is 1. The van der Waals surface area contributed by atoms with E-state index in [0.717, 1.165) is 0 Å². The molecule has 2 N–H and O–H groups in total. The average Bonchev–Trinajstić information content (AvgIpc) is 3.19. The lowest BCUT2D eigenvalue weighted by Gasteiger charge is -2.23. The number of fused-ring (bicyclic) bond motifs is 1. The summed E-state index contributed by atoms with van der Waals surface area (Å²) < 4.78 is 0. The van der Waals surface area contributed by atoms with Gasteiger partial charge in [-0.25, -0.2) is 0 Å². The Hall–Kier alpha value is -2.99. The van der Waals surface area contributed by atoms with Crippen molar-refractivity contribution in [2.75, 3.05) is 4.90 Å². The van der Waals surface area contributed by atoms with E-state index in [1.807, 2.05) is 36.4 Å². The number of benzene rings is 2. The summed E-state index contributed by atoms with van der Waals surface area (Å²) >= 11 is 0. The predicted octanol–water partition coefficient (Wildman–Crippen LogP) is 1.59. The zero-order valence-corrected chi connectivity index (χ0v) is 12.2. The molecule has 1 amide bonds. The highest BCUT2D eigenvalue weighted by Gasteiger charge is 2.50. The van der Waals surface area contributed by atoms with Gasteiger partial charge in [-0.1, -0.05) is 53.7 Å². The average molecular weight is 306 g/mol. The van der Waals surface area contributed by atoms with Gasteiger partial charge in [0.25, 0.3) is 5.91 Å². The van der Waals surface area contributed by atoms with Crippen LogP contribution in [0.15, 0.2) is 60.8 Å². The molecule has 0 spiro atoms. The predicted molar refractivity (Wildman–Crippen MR) is 83.5 cm³/mol. The smallest absolute Gasteiger partial charge is 0.268 e. The van der Waals surface area contributed by atoms with E-state index in [1.54, 1.807) is 29.3 Å². The number of para-hydroxylation sites is 1. The Balaban J connectivity index is 1.85. The van der Waals surface area contributed by atoms with Gasteiger partial charge in [0.05, 0.1) is 12.2 Å². The van der Waals surface area contributed by atoms with Crippen LogP contribution in [0.1, 0.15) is 16.8 Å². The van der Waals surface area contributed by atoms with Crippen LogP contribution in [-0.2, 0) is 16.9 Å². The lowest BCUT2D eigenvalue weighted by atomic mass is 9.88. The summed E-state index contributed by atoms with van der Waals surface area (Å²) in [4.78, 5) is 14.6. The number of hydrogen-bond donors (Lipinski definition) is 2. The molecule has 6 nitrogen and oxygen atoms in total. The van der Waals surface area contributed by atoms with Crippen LogP contribution in [0.4, 0.5) is 5.69 Å². The number of nitrogens with one attached hydrogen (secondary N) is 1. The van der Waals surface area contributed by atoms with Crippen molar-refractivity contribution in [3.63, 3.8) is 0 Å². The van der Waals surface area contributed by atoms with E-state index in [0.29, 0.717) is 22.5 Å². The lowest BCUT2D eigenvalue weighted by molar-refractivity contribution is -0.132. The van der Waals surface area contributed by atoms with Crippen molar-refractivity contribution in [1.29, 1.82) is 0 Å². The largest absolute Gasteiger partial charge is 0.372 e. The molecule has 0 saturated heterocycles. The molecule has 1 aromatic heterocycles. The number of rotatable bonds is 3.